The van der Waals surface area contributed by atoms with Gasteiger partial charge in [-0.3, -0.25) is 4.79 Å². The lowest BCUT2D eigenvalue weighted by Gasteiger charge is -2.29. The van der Waals surface area contributed by atoms with Crippen LogP contribution in [0.15, 0.2) is 0 Å². The van der Waals surface area contributed by atoms with Gasteiger partial charge in [0.25, 0.3) is 0 Å². The number of nitrogens with one attached hydrogen (secondary N) is 1. The third-order valence-corrected chi connectivity index (χ3v) is 3.56. The van der Waals surface area contributed by atoms with Crippen molar-refractivity contribution in [1.82, 2.24) is 5.32 Å². The van der Waals surface area contributed by atoms with E-state index in [1.54, 1.807) is 0 Å². The molecular formula is C11H19NO2. The molecule has 1 unspecified atom stereocenters. The molecule has 2 aliphatic rings. The second-order valence-corrected chi connectivity index (χ2v) is 4.77. The Bertz CT molecular complexity index is 221. The summed E-state index contributed by atoms with van der Waals surface area (Å²) in [6.45, 7) is 0.813. The molecule has 2 rings (SSSR count). The van der Waals surface area contributed by atoms with Crippen molar-refractivity contribution in [3.8, 4) is 0 Å². The fourth-order valence-corrected chi connectivity index (χ4v) is 2.73. The van der Waals surface area contributed by atoms with E-state index in [9.17, 15) is 9.90 Å². The highest BCUT2D eigenvalue weighted by Gasteiger charge is 2.36. The van der Waals surface area contributed by atoms with E-state index in [0.717, 1.165) is 45.1 Å². The van der Waals surface area contributed by atoms with Gasteiger partial charge in [-0.25, -0.2) is 0 Å². The Morgan fingerprint density at radius 2 is 2.07 bits per heavy atom. The Morgan fingerprint density at radius 3 is 2.71 bits per heavy atom. The first-order valence-corrected chi connectivity index (χ1v) is 5.70. The molecule has 1 aliphatic heterocycles. The summed E-state index contributed by atoms with van der Waals surface area (Å²) in [5.41, 5.74) is -0.528. The first kappa shape index (κ1) is 9.97. The summed E-state index contributed by atoms with van der Waals surface area (Å²) in [6.07, 6.45) is 6.70. The molecule has 80 valence electrons. The number of hydrogen-bond donors (Lipinski definition) is 2. The van der Waals surface area contributed by atoms with Gasteiger partial charge in [0.15, 0.2) is 0 Å². The number of aliphatic hydroxyl groups is 1. The fourth-order valence-electron chi connectivity index (χ4n) is 2.73. The largest absolute Gasteiger partial charge is 0.390 e. The Kier molecular flexibility index (Phi) is 2.77. The maximum absolute atomic E-state index is 11.5. The number of rotatable bonds is 2. The van der Waals surface area contributed by atoms with E-state index in [-0.39, 0.29) is 11.8 Å². The summed E-state index contributed by atoms with van der Waals surface area (Å²) in [5, 5.41) is 13.1. The van der Waals surface area contributed by atoms with Crippen LogP contribution >= 0.6 is 0 Å². The van der Waals surface area contributed by atoms with Crippen LogP contribution in [0.2, 0.25) is 0 Å². The van der Waals surface area contributed by atoms with Gasteiger partial charge in [0.1, 0.15) is 0 Å². The Labute approximate surface area is 84.9 Å². The van der Waals surface area contributed by atoms with E-state index in [1.165, 1.54) is 0 Å². The van der Waals surface area contributed by atoms with Crippen molar-refractivity contribution in [3.05, 3.63) is 0 Å². The molecule has 0 radical (unpaired) electrons. The van der Waals surface area contributed by atoms with Gasteiger partial charge < -0.3 is 10.4 Å². The zero-order valence-corrected chi connectivity index (χ0v) is 8.59. The SMILES string of the molecule is O=C1NCCCC1CC1(O)CCCC1. The van der Waals surface area contributed by atoms with E-state index in [0.29, 0.717) is 6.42 Å². The molecule has 1 amide bonds. The molecule has 2 fully saturated rings. The third-order valence-electron chi connectivity index (χ3n) is 3.56. The zero-order chi connectivity index (χ0) is 10.0. The monoisotopic (exact) mass is 197 g/mol. The average Bonchev–Trinajstić information content (AvgIpc) is 2.57. The second kappa shape index (κ2) is 3.89. The van der Waals surface area contributed by atoms with Gasteiger partial charge in [0.05, 0.1) is 5.60 Å². The van der Waals surface area contributed by atoms with Gasteiger partial charge >= 0.3 is 0 Å². The van der Waals surface area contributed by atoms with Gasteiger partial charge in [0.2, 0.25) is 5.91 Å². The maximum Gasteiger partial charge on any atom is 0.223 e. The minimum atomic E-state index is -0.528. The van der Waals surface area contributed by atoms with E-state index in [4.69, 9.17) is 0 Å². The molecule has 1 saturated heterocycles. The summed E-state index contributed by atoms with van der Waals surface area (Å²) in [4.78, 5) is 11.5. The van der Waals surface area contributed by atoms with Crippen LogP contribution in [-0.2, 0) is 4.79 Å². The molecule has 0 spiro atoms. The van der Waals surface area contributed by atoms with Crippen LogP contribution in [-0.4, -0.2) is 23.2 Å². The minimum absolute atomic E-state index is 0.0619. The van der Waals surface area contributed by atoms with Crippen LogP contribution in [0.25, 0.3) is 0 Å². The van der Waals surface area contributed by atoms with Crippen molar-refractivity contribution in [2.75, 3.05) is 6.54 Å². The van der Waals surface area contributed by atoms with Crippen LogP contribution < -0.4 is 5.32 Å². The molecular weight excluding hydrogens is 178 g/mol. The topological polar surface area (TPSA) is 49.3 Å². The van der Waals surface area contributed by atoms with E-state index >= 15 is 0 Å². The minimum Gasteiger partial charge on any atom is -0.390 e. The lowest BCUT2D eigenvalue weighted by Crippen LogP contribution is -2.40. The van der Waals surface area contributed by atoms with Crippen LogP contribution in [0.3, 0.4) is 0 Å². The highest BCUT2D eigenvalue weighted by atomic mass is 16.3. The normalized spacial score (nSPS) is 31.5. The number of hydrogen-bond acceptors (Lipinski definition) is 2. The van der Waals surface area contributed by atoms with Crippen molar-refractivity contribution in [2.45, 2.75) is 50.5 Å². The van der Waals surface area contributed by atoms with Crippen LogP contribution in [0, 0.1) is 5.92 Å². The number of carbonyl (C=O) groups is 1. The van der Waals surface area contributed by atoms with Crippen molar-refractivity contribution in [3.63, 3.8) is 0 Å². The van der Waals surface area contributed by atoms with Crippen molar-refractivity contribution >= 4 is 5.91 Å². The van der Waals surface area contributed by atoms with Gasteiger partial charge in [-0.05, 0) is 32.1 Å². The van der Waals surface area contributed by atoms with E-state index in [2.05, 4.69) is 5.32 Å². The first-order chi connectivity index (χ1) is 6.70. The van der Waals surface area contributed by atoms with Crippen LogP contribution in [0.5, 0.6) is 0 Å². The first-order valence-electron chi connectivity index (χ1n) is 5.70. The predicted octanol–water partition coefficient (Wildman–Crippen LogP) is 1.21. The van der Waals surface area contributed by atoms with Crippen molar-refractivity contribution in [1.29, 1.82) is 0 Å². The lowest BCUT2D eigenvalue weighted by molar-refractivity contribution is -0.129. The molecule has 0 aromatic carbocycles. The predicted molar refractivity (Wildman–Crippen MR) is 53.8 cm³/mol. The number of amides is 1. The van der Waals surface area contributed by atoms with Gasteiger partial charge in [0, 0.05) is 12.5 Å². The molecule has 0 bridgehead atoms. The van der Waals surface area contributed by atoms with E-state index in [1.807, 2.05) is 0 Å². The fraction of sp³-hybridized carbons (Fsp3) is 0.909. The maximum atomic E-state index is 11.5. The van der Waals surface area contributed by atoms with Gasteiger partial charge in [-0.2, -0.15) is 0 Å². The molecule has 3 nitrogen and oxygen atoms in total. The quantitative estimate of drug-likeness (QED) is 0.699. The zero-order valence-electron chi connectivity index (χ0n) is 8.59. The molecule has 2 N–H and O–H groups in total. The van der Waals surface area contributed by atoms with Gasteiger partial charge in [-0.1, -0.05) is 12.8 Å². The lowest BCUT2D eigenvalue weighted by atomic mass is 9.84. The molecule has 1 heterocycles. The van der Waals surface area contributed by atoms with Crippen LogP contribution in [0.4, 0.5) is 0 Å². The summed E-state index contributed by atoms with van der Waals surface area (Å²) in [6, 6.07) is 0. The van der Waals surface area contributed by atoms with Gasteiger partial charge in [-0.15, -0.1) is 0 Å². The van der Waals surface area contributed by atoms with Crippen molar-refractivity contribution < 1.29 is 9.90 Å². The standard InChI is InChI=1S/C11H19NO2/c13-10-9(4-3-7-12-10)8-11(14)5-1-2-6-11/h9,14H,1-8H2,(H,12,13). The Morgan fingerprint density at radius 1 is 1.36 bits per heavy atom. The highest BCUT2D eigenvalue weighted by molar-refractivity contribution is 5.79. The summed E-state index contributed by atoms with van der Waals surface area (Å²) >= 11 is 0. The molecule has 14 heavy (non-hydrogen) atoms. The van der Waals surface area contributed by atoms with Crippen LogP contribution in [0.1, 0.15) is 44.9 Å². The Hall–Kier alpha value is -0.570. The molecule has 1 saturated carbocycles. The highest BCUT2D eigenvalue weighted by Crippen LogP contribution is 2.36. The second-order valence-electron chi connectivity index (χ2n) is 4.77. The number of carbonyl (C=O) groups excluding carboxylic acids is 1. The molecule has 1 atom stereocenters. The van der Waals surface area contributed by atoms with Crippen molar-refractivity contribution in [2.24, 2.45) is 5.92 Å². The summed E-state index contributed by atoms with van der Waals surface area (Å²) in [5.74, 6) is 0.212. The summed E-state index contributed by atoms with van der Waals surface area (Å²) in [7, 11) is 0. The Balaban J connectivity index is 1.91. The molecule has 0 aromatic heterocycles. The average molecular weight is 197 g/mol. The number of piperidine rings is 1. The third kappa shape index (κ3) is 2.08. The summed E-state index contributed by atoms with van der Waals surface area (Å²) < 4.78 is 0. The van der Waals surface area contributed by atoms with E-state index < -0.39 is 5.60 Å². The molecule has 0 aromatic rings. The molecule has 1 aliphatic carbocycles. The smallest absolute Gasteiger partial charge is 0.223 e. The molecule has 3 heteroatoms.